The molecule has 0 aliphatic carbocycles. The van der Waals surface area contributed by atoms with Crippen LogP contribution < -0.4 is 0 Å². The maximum atomic E-state index is 10.1. The molecule has 18 heavy (non-hydrogen) atoms. The van der Waals surface area contributed by atoms with E-state index in [1.165, 1.54) is 16.9 Å². The number of nitrogens with zero attached hydrogens (tertiary/aromatic N) is 2. The summed E-state index contributed by atoms with van der Waals surface area (Å²) in [6.45, 7) is 1.99. The van der Waals surface area contributed by atoms with Crippen LogP contribution in [-0.4, -0.2) is 34.1 Å². The first-order valence-corrected chi connectivity index (χ1v) is 7.08. The largest absolute Gasteiger partial charge is 0.384 e. The number of hydrogen-bond donors (Lipinski definition) is 1. The molecule has 0 spiro atoms. The van der Waals surface area contributed by atoms with Gasteiger partial charge in [-0.2, -0.15) is 0 Å². The van der Waals surface area contributed by atoms with E-state index in [4.69, 9.17) is 0 Å². The van der Waals surface area contributed by atoms with E-state index in [1.54, 1.807) is 6.20 Å². The van der Waals surface area contributed by atoms with Crippen molar-refractivity contribution in [2.45, 2.75) is 18.6 Å². The Kier molecular flexibility index (Phi) is 3.41. The Morgan fingerprint density at radius 2 is 2.22 bits per heavy atom. The lowest BCUT2D eigenvalue weighted by atomic mass is 10.1. The van der Waals surface area contributed by atoms with Gasteiger partial charge in [0.25, 0.3) is 0 Å². The van der Waals surface area contributed by atoms with Gasteiger partial charge in [0.2, 0.25) is 0 Å². The Morgan fingerprint density at radius 1 is 1.39 bits per heavy atom. The van der Waals surface area contributed by atoms with E-state index >= 15 is 0 Å². The normalized spacial score (nSPS) is 23.8. The molecule has 1 unspecified atom stereocenters. The van der Waals surface area contributed by atoms with Crippen LogP contribution in [-0.2, 0) is 6.42 Å². The molecule has 1 fully saturated rings. The van der Waals surface area contributed by atoms with E-state index in [-0.39, 0.29) is 6.04 Å². The Bertz CT molecular complexity index is 486. The summed E-state index contributed by atoms with van der Waals surface area (Å²) in [4.78, 5) is 6.48. The topological polar surface area (TPSA) is 36.1 Å². The molecule has 2 aromatic rings. The summed E-state index contributed by atoms with van der Waals surface area (Å²) in [6, 6.07) is 10.7. The van der Waals surface area contributed by atoms with E-state index in [9.17, 15) is 5.11 Å². The zero-order chi connectivity index (χ0) is 12.4. The first-order valence-electron chi connectivity index (χ1n) is 6.20. The molecule has 1 saturated heterocycles. The first kappa shape index (κ1) is 11.8. The lowest BCUT2D eigenvalue weighted by Crippen LogP contribution is -2.13. The second-order valence-corrected chi connectivity index (χ2v) is 5.54. The van der Waals surface area contributed by atoms with Crippen molar-refractivity contribution in [2.75, 3.05) is 13.1 Å². The van der Waals surface area contributed by atoms with Crippen LogP contribution in [0.5, 0.6) is 0 Å². The minimum atomic E-state index is -0.416. The summed E-state index contributed by atoms with van der Waals surface area (Å²) in [7, 11) is 0. The molecular weight excluding hydrogens is 244 g/mol. The van der Waals surface area contributed by atoms with Crippen LogP contribution in [0.15, 0.2) is 41.9 Å². The highest BCUT2D eigenvalue weighted by molar-refractivity contribution is 7.09. The van der Waals surface area contributed by atoms with Gasteiger partial charge in [-0.3, -0.25) is 4.90 Å². The average Bonchev–Trinajstić information content (AvgIpc) is 2.98. The van der Waals surface area contributed by atoms with Crippen molar-refractivity contribution in [3.05, 3.63) is 52.5 Å². The number of aliphatic hydroxyl groups excluding tert-OH is 1. The third kappa shape index (κ3) is 2.61. The van der Waals surface area contributed by atoms with Gasteiger partial charge in [-0.15, -0.1) is 11.3 Å². The van der Waals surface area contributed by atoms with Gasteiger partial charge in [-0.1, -0.05) is 30.3 Å². The van der Waals surface area contributed by atoms with Crippen LogP contribution >= 0.6 is 11.3 Å². The lowest BCUT2D eigenvalue weighted by Gasteiger charge is -2.08. The summed E-state index contributed by atoms with van der Waals surface area (Å²) in [5.41, 5.74) is 1.35. The molecule has 1 aliphatic rings. The molecule has 1 aromatic carbocycles. The highest BCUT2D eigenvalue weighted by atomic mass is 32.1. The highest BCUT2D eigenvalue weighted by Gasteiger charge is 2.40. The summed E-state index contributed by atoms with van der Waals surface area (Å²) in [6.07, 6.45) is 2.38. The fourth-order valence-corrected chi connectivity index (χ4v) is 2.89. The molecule has 3 atom stereocenters. The van der Waals surface area contributed by atoms with Gasteiger partial charge in [-0.25, -0.2) is 4.98 Å². The molecule has 3 nitrogen and oxygen atoms in total. The molecule has 3 rings (SSSR count). The third-order valence-corrected chi connectivity index (χ3v) is 4.20. The predicted molar refractivity (Wildman–Crippen MR) is 72.6 cm³/mol. The first-order chi connectivity index (χ1) is 8.84. The number of aliphatic hydroxyl groups is 1. The maximum absolute atomic E-state index is 10.1. The van der Waals surface area contributed by atoms with Crippen LogP contribution in [0.4, 0.5) is 0 Å². The molecule has 0 radical (unpaired) electrons. The SMILES string of the molecule is O[C@H](c1nccs1)[C@H]1CN1CCc1ccccc1. The number of benzene rings is 1. The van der Waals surface area contributed by atoms with Crippen LogP contribution in [0.3, 0.4) is 0 Å². The Labute approximate surface area is 111 Å². The molecule has 0 amide bonds. The molecule has 0 bridgehead atoms. The van der Waals surface area contributed by atoms with Crippen molar-refractivity contribution < 1.29 is 5.11 Å². The van der Waals surface area contributed by atoms with Gasteiger partial charge < -0.3 is 5.11 Å². The average molecular weight is 260 g/mol. The van der Waals surface area contributed by atoms with E-state index in [0.717, 1.165) is 24.5 Å². The van der Waals surface area contributed by atoms with E-state index in [1.807, 2.05) is 11.4 Å². The van der Waals surface area contributed by atoms with Gasteiger partial charge in [0.1, 0.15) is 11.1 Å². The second-order valence-electron chi connectivity index (χ2n) is 4.61. The summed E-state index contributed by atoms with van der Waals surface area (Å²) >= 11 is 1.53. The van der Waals surface area contributed by atoms with E-state index in [0.29, 0.717) is 0 Å². The smallest absolute Gasteiger partial charge is 0.123 e. The molecule has 4 heteroatoms. The van der Waals surface area contributed by atoms with Crippen LogP contribution in [0.25, 0.3) is 0 Å². The molecule has 1 aromatic heterocycles. The summed E-state index contributed by atoms with van der Waals surface area (Å²) in [5, 5.41) is 12.9. The van der Waals surface area contributed by atoms with Crippen LogP contribution in [0, 0.1) is 0 Å². The number of hydrogen-bond acceptors (Lipinski definition) is 4. The minimum Gasteiger partial charge on any atom is -0.384 e. The van der Waals surface area contributed by atoms with Crippen molar-refractivity contribution in [1.29, 1.82) is 0 Å². The molecule has 94 valence electrons. The lowest BCUT2D eigenvalue weighted by molar-refractivity contribution is 0.158. The molecule has 0 saturated carbocycles. The molecule has 2 heterocycles. The fourth-order valence-electron chi connectivity index (χ4n) is 2.21. The van der Waals surface area contributed by atoms with E-state index < -0.39 is 6.10 Å². The zero-order valence-corrected chi connectivity index (χ0v) is 10.9. The van der Waals surface area contributed by atoms with Crippen LogP contribution in [0.2, 0.25) is 0 Å². The number of aromatic nitrogens is 1. The standard InChI is InChI=1S/C14H16N2OS/c17-13(14-15-7-9-18-14)12-10-16(12)8-6-11-4-2-1-3-5-11/h1-5,7,9,12-13,17H,6,8,10H2/t12-,13+,16?/m1/s1. The van der Waals surface area contributed by atoms with Gasteiger partial charge in [-0.05, 0) is 12.0 Å². The quantitative estimate of drug-likeness (QED) is 0.836. The second kappa shape index (κ2) is 5.18. The summed E-state index contributed by atoms with van der Waals surface area (Å²) < 4.78 is 0. The number of thiazole rings is 1. The monoisotopic (exact) mass is 260 g/mol. The van der Waals surface area contributed by atoms with Gasteiger partial charge in [0.15, 0.2) is 0 Å². The Balaban J connectivity index is 1.50. The highest BCUT2D eigenvalue weighted by Crippen LogP contribution is 2.31. The molecule has 1 aliphatic heterocycles. The maximum Gasteiger partial charge on any atom is 0.123 e. The van der Waals surface area contributed by atoms with Crippen molar-refractivity contribution in [3.8, 4) is 0 Å². The zero-order valence-electron chi connectivity index (χ0n) is 10.1. The minimum absolute atomic E-state index is 0.264. The Hall–Kier alpha value is -1.23. The van der Waals surface area contributed by atoms with Gasteiger partial charge in [0.05, 0.1) is 6.04 Å². The van der Waals surface area contributed by atoms with Crippen LogP contribution in [0.1, 0.15) is 16.7 Å². The van der Waals surface area contributed by atoms with Crippen molar-refractivity contribution in [1.82, 2.24) is 9.88 Å². The van der Waals surface area contributed by atoms with Gasteiger partial charge >= 0.3 is 0 Å². The third-order valence-electron chi connectivity index (χ3n) is 3.36. The fraction of sp³-hybridized carbons (Fsp3) is 0.357. The molecule has 1 N–H and O–H groups in total. The molecular formula is C14H16N2OS. The van der Waals surface area contributed by atoms with Crippen molar-refractivity contribution >= 4 is 11.3 Å². The van der Waals surface area contributed by atoms with Crippen molar-refractivity contribution in [3.63, 3.8) is 0 Å². The number of rotatable bonds is 5. The van der Waals surface area contributed by atoms with E-state index in [2.05, 4.69) is 34.1 Å². The summed E-state index contributed by atoms with van der Waals surface area (Å²) in [5.74, 6) is 0. The van der Waals surface area contributed by atoms with Crippen molar-refractivity contribution in [2.24, 2.45) is 0 Å². The van der Waals surface area contributed by atoms with Gasteiger partial charge in [0, 0.05) is 24.7 Å². The predicted octanol–water partition coefficient (Wildman–Crippen LogP) is 2.10. The Morgan fingerprint density at radius 3 is 2.94 bits per heavy atom.